The van der Waals surface area contributed by atoms with Crippen molar-refractivity contribution in [3.8, 4) is 11.1 Å². The van der Waals surface area contributed by atoms with Gasteiger partial charge in [0.05, 0.1) is 15.0 Å². The Kier molecular flexibility index (Phi) is 6.12. The second-order valence-electron chi connectivity index (χ2n) is 6.38. The monoisotopic (exact) mass is 513 g/mol. The number of halogens is 2. The van der Waals surface area contributed by atoms with Crippen molar-refractivity contribution in [2.75, 3.05) is 6.54 Å². The van der Waals surface area contributed by atoms with Gasteiger partial charge in [0.1, 0.15) is 20.6 Å². The topological polar surface area (TPSA) is 101 Å². The predicted octanol–water partition coefficient (Wildman–Crippen LogP) is 4.59. The number of aromatic nitrogens is 1. The molecule has 7 nitrogen and oxygen atoms in total. The second-order valence-corrected chi connectivity index (χ2v) is 10.6. The summed E-state index contributed by atoms with van der Waals surface area (Å²) in [5.41, 5.74) is 1.59. The van der Waals surface area contributed by atoms with Crippen LogP contribution in [0.25, 0.3) is 28.2 Å². The number of carbonyl (C=O) groups excluding carboxylic acids is 1. The highest BCUT2D eigenvalue weighted by Gasteiger charge is 2.24. The lowest BCUT2D eigenvalue weighted by Gasteiger charge is -2.11. The van der Waals surface area contributed by atoms with Gasteiger partial charge in [-0.05, 0) is 23.8 Å². The normalized spacial score (nSPS) is 15.8. The third kappa shape index (κ3) is 4.36. The number of hydrogen-bond acceptors (Lipinski definition) is 7. The lowest BCUT2D eigenvalue weighted by atomic mass is 10.1. The second kappa shape index (κ2) is 8.53. The number of benzene rings is 1. The Balaban J connectivity index is 1.81. The number of fused-ring (bicyclic) bond motifs is 1. The Labute approximate surface area is 197 Å². The summed E-state index contributed by atoms with van der Waals surface area (Å²) in [6, 6.07) is 4.72. The average molecular weight is 514 g/mol. The summed E-state index contributed by atoms with van der Waals surface area (Å²) in [5, 5.41) is 3.18. The van der Waals surface area contributed by atoms with Gasteiger partial charge in [-0.3, -0.25) is 9.78 Å². The molecule has 1 amide bonds. The van der Waals surface area contributed by atoms with Crippen molar-refractivity contribution in [1.29, 1.82) is 0 Å². The molecule has 4 rings (SSSR count). The summed E-state index contributed by atoms with van der Waals surface area (Å²) in [5.74, 6) is 0.153. The summed E-state index contributed by atoms with van der Waals surface area (Å²) < 4.78 is 33.5. The molecule has 12 heteroatoms. The van der Waals surface area contributed by atoms with Crippen LogP contribution in [0, 0.1) is 0 Å². The van der Waals surface area contributed by atoms with Crippen molar-refractivity contribution in [2.45, 2.75) is 11.8 Å². The van der Waals surface area contributed by atoms with Crippen molar-refractivity contribution in [3.63, 3.8) is 0 Å². The van der Waals surface area contributed by atoms with Gasteiger partial charge in [0.25, 0.3) is 5.91 Å². The molecule has 0 saturated carbocycles. The SMILES string of the molecule is CCNS(=O)(=O)c1c(Cl)cc(-c2cncc3cc(C=C4SC(=S)NC4=O)oc23)cc1Cl. The van der Waals surface area contributed by atoms with Gasteiger partial charge in [-0.1, -0.05) is 54.1 Å². The summed E-state index contributed by atoms with van der Waals surface area (Å²) in [7, 11) is -3.84. The summed E-state index contributed by atoms with van der Waals surface area (Å²) in [6.45, 7) is 1.86. The van der Waals surface area contributed by atoms with Gasteiger partial charge in [0.2, 0.25) is 10.0 Å². The molecule has 0 unspecified atom stereocenters. The molecule has 31 heavy (non-hydrogen) atoms. The zero-order chi connectivity index (χ0) is 22.3. The first-order valence-electron chi connectivity index (χ1n) is 8.81. The van der Waals surface area contributed by atoms with E-state index in [4.69, 9.17) is 39.8 Å². The number of nitrogens with zero attached hydrogens (tertiary/aromatic N) is 1. The third-order valence-electron chi connectivity index (χ3n) is 4.27. The minimum absolute atomic E-state index is 0.0260. The molecule has 0 aliphatic carbocycles. The van der Waals surface area contributed by atoms with Crippen LogP contribution in [-0.2, 0) is 14.8 Å². The minimum atomic E-state index is -3.84. The Morgan fingerprint density at radius 2 is 1.97 bits per heavy atom. The third-order valence-corrected chi connectivity index (χ3v) is 7.90. The largest absolute Gasteiger partial charge is 0.456 e. The Morgan fingerprint density at radius 1 is 1.26 bits per heavy atom. The van der Waals surface area contributed by atoms with E-state index in [9.17, 15) is 13.2 Å². The molecule has 1 aromatic carbocycles. The maximum absolute atomic E-state index is 12.4. The molecular formula is C19H13Cl2N3O4S3. The van der Waals surface area contributed by atoms with Crippen molar-refractivity contribution >= 4 is 84.5 Å². The first-order chi connectivity index (χ1) is 14.7. The van der Waals surface area contributed by atoms with E-state index < -0.39 is 10.0 Å². The van der Waals surface area contributed by atoms with E-state index in [0.29, 0.717) is 37.1 Å². The number of thiocarbonyl (C=S) groups is 1. The van der Waals surface area contributed by atoms with Crippen LogP contribution in [0.15, 0.2) is 44.8 Å². The molecule has 3 heterocycles. The number of thioether (sulfide) groups is 1. The number of amides is 1. The first kappa shape index (κ1) is 22.3. The van der Waals surface area contributed by atoms with E-state index in [-0.39, 0.29) is 27.4 Å². The highest BCUT2D eigenvalue weighted by Crippen LogP contribution is 2.38. The number of furan rings is 1. The number of rotatable bonds is 5. The fourth-order valence-corrected chi connectivity index (χ4v) is 6.32. The van der Waals surface area contributed by atoms with Crippen molar-refractivity contribution in [1.82, 2.24) is 15.0 Å². The van der Waals surface area contributed by atoms with E-state index in [2.05, 4.69) is 15.0 Å². The van der Waals surface area contributed by atoms with Crippen LogP contribution < -0.4 is 10.0 Å². The molecule has 0 atom stereocenters. The standard InChI is InChI=1S/C19H13Cl2N3O4S3/c1-2-23-31(26,27)17-13(20)4-9(5-14(17)21)12-8-22-7-10-3-11(28-16(10)12)6-15-18(25)24-19(29)30-15/h3-8,23H,2H2,1H3,(H,24,25,29). The number of carbonyl (C=O) groups is 1. The van der Waals surface area contributed by atoms with Crippen molar-refractivity contribution in [2.24, 2.45) is 0 Å². The molecule has 2 aromatic heterocycles. The van der Waals surface area contributed by atoms with Gasteiger partial charge < -0.3 is 9.73 Å². The van der Waals surface area contributed by atoms with Crippen molar-refractivity contribution < 1.29 is 17.6 Å². The zero-order valence-corrected chi connectivity index (χ0v) is 19.7. The smallest absolute Gasteiger partial charge is 0.263 e. The molecule has 0 bridgehead atoms. The molecule has 2 N–H and O–H groups in total. The molecule has 0 radical (unpaired) electrons. The fourth-order valence-electron chi connectivity index (χ4n) is 3.04. The van der Waals surface area contributed by atoms with Crippen LogP contribution in [-0.4, -0.2) is 30.2 Å². The average Bonchev–Trinajstić information content (AvgIpc) is 3.22. The molecule has 1 aliphatic heterocycles. The van der Waals surface area contributed by atoms with Crippen LogP contribution in [0.4, 0.5) is 0 Å². The quantitative estimate of drug-likeness (QED) is 0.380. The van der Waals surface area contributed by atoms with Crippen LogP contribution in [0.2, 0.25) is 10.0 Å². The molecule has 3 aromatic rings. The highest BCUT2D eigenvalue weighted by molar-refractivity contribution is 8.26. The molecule has 0 spiro atoms. The van der Waals surface area contributed by atoms with E-state index >= 15 is 0 Å². The number of sulfonamides is 1. The molecule has 1 fully saturated rings. The van der Waals surface area contributed by atoms with E-state index in [0.717, 1.165) is 11.8 Å². The van der Waals surface area contributed by atoms with Crippen LogP contribution in [0.1, 0.15) is 12.7 Å². The predicted molar refractivity (Wildman–Crippen MR) is 127 cm³/mol. The molecule has 1 aliphatic rings. The first-order valence-corrected chi connectivity index (χ1v) is 12.3. The van der Waals surface area contributed by atoms with E-state index in [1.165, 1.54) is 12.1 Å². The fraction of sp³-hybridized carbons (Fsp3) is 0.105. The van der Waals surface area contributed by atoms with Crippen LogP contribution >= 0.6 is 47.2 Å². The number of nitrogens with one attached hydrogen (secondary N) is 2. The minimum Gasteiger partial charge on any atom is -0.456 e. The highest BCUT2D eigenvalue weighted by atomic mass is 35.5. The van der Waals surface area contributed by atoms with Gasteiger partial charge in [0.15, 0.2) is 0 Å². The van der Waals surface area contributed by atoms with Crippen LogP contribution in [0.3, 0.4) is 0 Å². The summed E-state index contributed by atoms with van der Waals surface area (Å²) >= 11 is 18.7. The zero-order valence-electron chi connectivity index (χ0n) is 15.7. The van der Waals surface area contributed by atoms with Gasteiger partial charge in [-0.25, -0.2) is 13.1 Å². The van der Waals surface area contributed by atoms with Crippen molar-refractivity contribution in [3.05, 3.63) is 51.3 Å². The van der Waals surface area contributed by atoms with E-state index in [1.54, 1.807) is 31.5 Å². The van der Waals surface area contributed by atoms with Crippen LogP contribution in [0.5, 0.6) is 0 Å². The van der Waals surface area contributed by atoms with Gasteiger partial charge >= 0.3 is 0 Å². The van der Waals surface area contributed by atoms with Gasteiger partial charge in [-0.2, -0.15) is 0 Å². The Morgan fingerprint density at radius 3 is 2.58 bits per heavy atom. The van der Waals surface area contributed by atoms with E-state index in [1.807, 2.05) is 0 Å². The molecule has 160 valence electrons. The van der Waals surface area contributed by atoms with Gasteiger partial charge in [0, 0.05) is 36.0 Å². The summed E-state index contributed by atoms with van der Waals surface area (Å²) in [6.07, 6.45) is 4.77. The number of hydrogen-bond donors (Lipinski definition) is 2. The maximum Gasteiger partial charge on any atom is 0.263 e. The maximum atomic E-state index is 12.4. The molecular weight excluding hydrogens is 501 g/mol. The lowest BCUT2D eigenvalue weighted by Crippen LogP contribution is -2.23. The Hall–Kier alpha value is -1.95. The number of pyridine rings is 1. The Bertz CT molecular complexity index is 1360. The molecule has 1 saturated heterocycles. The van der Waals surface area contributed by atoms with Gasteiger partial charge in [-0.15, -0.1) is 0 Å². The summed E-state index contributed by atoms with van der Waals surface area (Å²) in [4.78, 5) is 16.4. The lowest BCUT2D eigenvalue weighted by molar-refractivity contribution is -0.115.